The SMILES string of the molecule is CNC(=O)CCn1nnc(C(=O)OCCOC)c1C. The number of esters is 1. The van der Waals surface area contributed by atoms with E-state index in [0.717, 1.165) is 0 Å². The summed E-state index contributed by atoms with van der Waals surface area (Å²) >= 11 is 0. The van der Waals surface area contributed by atoms with Gasteiger partial charge in [0.2, 0.25) is 5.91 Å². The quantitative estimate of drug-likeness (QED) is 0.531. The number of carbonyl (C=O) groups excluding carboxylic acids is 2. The molecule has 1 rings (SSSR count). The van der Waals surface area contributed by atoms with Crippen molar-refractivity contribution in [3.05, 3.63) is 11.4 Å². The van der Waals surface area contributed by atoms with Gasteiger partial charge in [0, 0.05) is 20.6 Å². The number of nitrogens with zero attached hydrogens (tertiary/aromatic N) is 3. The molecule has 0 bridgehead atoms. The van der Waals surface area contributed by atoms with Crippen LogP contribution in [-0.4, -0.2) is 54.2 Å². The van der Waals surface area contributed by atoms with Gasteiger partial charge in [-0.1, -0.05) is 5.21 Å². The summed E-state index contributed by atoms with van der Waals surface area (Å²) in [4.78, 5) is 22.8. The fourth-order valence-electron chi connectivity index (χ4n) is 1.38. The Balaban J connectivity index is 2.59. The number of nitrogens with one attached hydrogen (secondary N) is 1. The van der Waals surface area contributed by atoms with Crippen molar-refractivity contribution in [1.82, 2.24) is 20.3 Å². The lowest BCUT2D eigenvalue weighted by Crippen LogP contribution is -2.20. The predicted octanol–water partition coefficient (Wildman–Crippen LogP) is -0.474. The topological polar surface area (TPSA) is 95.3 Å². The molecule has 1 amide bonds. The largest absolute Gasteiger partial charge is 0.458 e. The fourth-order valence-corrected chi connectivity index (χ4v) is 1.38. The molecule has 0 saturated carbocycles. The van der Waals surface area contributed by atoms with E-state index in [1.54, 1.807) is 14.0 Å². The lowest BCUT2D eigenvalue weighted by atomic mass is 10.3. The van der Waals surface area contributed by atoms with E-state index in [-0.39, 0.29) is 24.6 Å². The van der Waals surface area contributed by atoms with Crippen LogP contribution in [-0.2, 0) is 20.8 Å². The van der Waals surface area contributed by atoms with E-state index in [9.17, 15) is 9.59 Å². The molecule has 0 atom stereocenters. The number of hydrogen-bond donors (Lipinski definition) is 1. The molecule has 8 nitrogen and oxygen atoms in total. The Kier molecular flexibility index (Phi) is 5.94. The van der Waals surface area contributed by atoms with Gasteiger partial charge >= 0.3 is 5.97 Å². The zero-order chi connectivity index (χ0) is 14.3. The molecule has 0 aliphatic rings. The van der Waals surface area contributed by atoms with E-state index in [1.807, 2.05) is 0 Å². The van der Waals surface area contributed by atoms with Crippen molar-refractivity contribution in [2.75, 3.05) is 27.4 Å². The zero-order valence-electron chi connectivity index (χ0n) is 11.3. The minimum Gasteiger partial charge on any atom is -0.458 e. The van der Waals surface area contributed by atoms with Crippen molar-refractivity contribution in [3.8, 4) is 0 Å². The Bertz CT molecular complexity index is 444. The predicted molar refractivity (Wildman–Crippen MR) is 65.6 cm³/mol. The number of carbonyl (C=O) groups is 2. The maximum atomic E-state index is 11.7. The first-order valence-corrected chi connectivity index (χ1v) is 5.86. The molecule has 0 aliphatic carbocycles. The monoisotopic (exact) mass is 270 g/mol. The summed E-state index contributed by atoms with van der Waals surface area (Å²) in [7, 11) is 3.09. The maximum absolute atomic E-state index is 11.7. The Morgan fingerprint density at radius 1 is 1.37 bits per heavy atom. The van der Waals surface area contributed by atoms with Gasteiger partial charge in [-0.3, -0.25) is 4.79 Å². The van der Waals surface area contributed by atoms with Crippen LogP contribution in [0.2, 0.25) is 0 Å². The Labute approximate surface area is 111 Å². The van der Waals surface area contributed by atoms with E-state index in [1.165, 1.54) is 11.8 Å². The number of amides is 1. The molecule has 1 aromatic heterocycles. The molecule has 1 N–H and O–H groups in total. The van der Waals surface area contributed by atoms with Crippen molar-refractivity contribution in [2.45, 2.75) is 19.9 Å². The number of aryl methyl sites for hydroxylation is 1. The highest BCUT2D eigenvalue weighted by Gasteiger charge is 2.17. The highest BCUT2D eigenvalue weighted by molar-refractivity contribution is 5.88. The summed E-state index contributed by atoms with van der Waals surface area (Å²) in [6.07, 6.45) is 0.277. The van der Waals surface area contributed by atoms with Gasteiger partial charge in [-0.25, -0.2) is 9.48 Å². The van der Waals surface area contributed by atoms with Gasteiger partial charge in [0.15, 0.2) is 5.69 Å². The number of methoxy groups -OCH3 is 1. The van der Waals surface area contributed by atoms with Crippen LogP contribution in [0.4, 0.5) is 0 Å². The first kappa shape index (κ1) is 15.1. The van der Waals surface area contributed by atoms with Crippen LogP contribution in [0.15, 0.2) is 0 Å². The molecule has 8 heteroatoms. The summed E-state index contributed by atoms with van der Waals surface area (Å²) < 4.78 is 11.2. The van der Waals surface area contributed by atoms with E-state index in [0.29, 0.717) is 18.8 Å². The van der Waals surface area contributed by atoms with Crippen LogP contribution in [0.25, 0.3) is 0 Å². The minimum atomic E-state index is -0.541. The lowest BCUT2D eigenvalue weighted by Gasteiger charge is -2.04. The second kappa shape index (κ2) is 7.47. The molecule has 0 saturated heterocycles. The first-order valence-electron chi connectivity index (χ1n) is 5.86. The molecule has 0 fully saturated rings. The molecule has 0 radical (unpaired) electrons. The summed E-state index contributed by atoms with van der Waals surface area (Å²) in [5.74, 6) is -0.639. The fraction of sp³-hybridized carbons (Fsp3) is 0.636. The first-order chi connectivity index (χ1) is 9.10. The van der Waals surface area contributed by atoms with Crippen molar-refractivity contribution in [2.24, 2.45) is 0 Å². The van der Waals surface area contributed by atoms with Crippen LogP contribution in [0.5, 0.6) is 0 Å². The average Bonchev–Trinajstić information content (AvgIpc) is 2.77. The van der Waals surface area contributed by atoms with Crippen molar-refractivity contribution < 1.29 is 19.1 Å². The van der Waals surface area contributed by atoms with E-state index in [4.69, 9.17) is 9.47 Å². The molecular formula is C11H18N4O4. The van der Waals surface area contributed by atoms with Crippen LogP contribution < -0.4 is 5.32 Å². The standard InChI is InChI=1S/C11H18N4O4/c1-8-10(11(17)19-7-6-18-3)13-14-15(8)5-4-9(16)12-2/h4-7H2,1-3H3,(H,12,16). The zero-order valence-corrected chi connectivity index (χ0v) is 11.3. The van der Waals surface area contributed by atoms with Gasteiger partial charge in [-0.15, -0.1) is 5.10 Å². The van der Waals surface area contributed by atoms with Crippen LogP contribution in [0.1, 0.15) is 22.6 Å². The molecular weight excluding hydrogens is 252 g/mol. The number of hydrogen-bond acceptors (Lipinski definition) is 6. The highest BCUT2D eigenvalue weighted by Crippen LogP contribution is 2.06. The van der Waals surface area contributed by atoms with Crippen molar-refractivity contribution >= 4 is 11.9 Å². The second-order valence-electron chi connectivity index (χ2n) is 3.80. The summed E-state index contributed by atoms with van der Waals surface area (Å²) in [6, 6.07) is 0. The maximum Gasteiger partial charge on any atom is 0.360 e. The summed E-state index contributed by atoms with van der Waals surface area (Å²) in [6.45, 7) is 2.57. The van der Waals surface area contributed by atoms with Crippen molar-refractivity contribution in [3.63, 3.8) is 0 Å². The van der Waals surface area contributed by atoms with E-state index < -0.39 is 5.97 Å². The summed E-state index contributed by atoms with van der Waals surface area (Å²) in [5, 5.41) is 10.1. The smallest absolute Gasteiger partial charge is 0.360 e. The molecule has 106 valence electrons. The second-order valence-corrected chi connectivity index (χ2v) is 3.80. The van der Waals surface area contributed by atoms with Gasteiger partial charge in [0.25, 0.3) is 0 Å². The lowest BCUT2D eigenvalue weighted by molar-refractivity contribution is -0.120. The van der Waals surface area contributed by atoms with Gasteiger partial charge in [-0.2, -0.15) is 0 Å². The van der Waals surface area contributed by atoms with E-state index >= 15 is 0 Å². The third kappa shape index (κ3) is 4.32. The Hall–Kier alpha value is -1.96. The van der Waals surface area contributed by atoms with Gasteiger partial charge in [0.1, 0.15) is 6.61 Å². The van der Waals surface area contributed by atoms with E-state index in [2.05, 4.69) is 15.6 Å². The van der Waals surface area contributed by atoms with Gasteiger partial charge in [-0.05, 0) is 6.92 Å². The Morgan fingerprint density at radius 3 is 2.74 bits per heavy atom. The average molecular weight is 270 g/mol. The molecule has 0 aromatic carbocycles. The summed E-state index contributed by atoms with van der Waals surface area (Å²) in [5.41, 5.74) is 0.735. The van der Waals surface area contributed by atoms with Crippen molar-refractivity contribution in [1.29, 1.82) is 0 Å². The normalized spacial score (nSPS) is 10.3. The third-order valence-corrected chi connectivity index (χ3v) is 2.53. The van der Waals surface area contributed by atoms with Gasteiger partial charge < -0.3 is 14.8 Å². The number of aromatic nitrogens is 3. The Morgan fingerprint density at radius 2 is 2.11 bits per heavy atom. The van der Waals surface area contributed by atoms with Crippen LogP contribution >= 0.6 is 0 Å². The molecule has 0 spiro atoms. The molecule has 0 unspecified atom stereocenters. The highest BCUT2D eigenvalue weighted by atomic mass is 16.6. The number of rotatable bonds is 7. The number of ether oxygens (including phenoxy) is 2. The molecule has 0 aliphatic heterocycles. The molecule has 19 heavy (non-hydrogen) atoms. The van der Waals surface area contributed by atoms with Crippen LogP contribution in [0, 0.1) is 6.92 Å². The molecule has 1 heterocycles. The third-order valence-electron chi connectivity index (χ3n) is 2.53. The van der Waals surface area contributed by atoms with Gasteiger partial charge in [0.05, 0.1) is 18.8 Å². The minimum absolute atomic E-state index is 0.0980. The molecule has 1 aromatic rings. The van der Waals surface area contributed by atoms with Crippen LogP contribution in [0.3, 0.4) is 0 Å².